The lowest BCUT2D eigenvalue weighted by Gasteiger charge is -2.04. The van der Waals surface area contributed by atoms with Crippen molar-refractivity contribution in [2.45, 2.75) is 12.8 Å². The second-order valence-corrected chi connectivity index (χ2v) is 5.06. The van der Waals surface area contributed by atoms with Crippen molar-refractivity contribution in [1.82, 2.24) is 9.97 Å². The van der Waals surface area contributed by atoms with Crippen LogP contribution in [-0.4, -0.2) is 9.97 Å². The lowest BCUT2D eigenvalue weighted by Crippen LogP contribution is -1.90. The minimum absolute atomic E-state index is 0.896. The lowest BCUT2D eigenvalue weighted by molar-refractivity contribution is 1.10. The normalized spacial score (nSPS) is 12.2. The summed E-state index contributed by atoms with van der Waals surface area (Å²) >= 11 is 0. The molecule has 0 spiro atoms. The van der Waals surface area contributed by atoms with E-state index in [-0.39, 0.29) is 0 Å². The van der Waals surface area contributed by atoms with E-state index in [4.69, 9.17) is 0 Å². The van der Waals surface area contributed by atoms with Crippen molar-refractivity contribution < 1.29 is 0 Å². The predicted molar refractivity (Wildman–Crippen MR) is 76.1 cm³/mol. The number of hydrogen-bond acceptors (Lipinski definition) is 1. The van der Waals surface area contributed by atoms with Crippen LogP contribution in [0.2, 0.25) is 0 Å². The molecule has 1 N–H and O–H groups in total. The lowest BCUT2D eigenvalue weighted by atomic mass is 10.0. The SMILES string of the molecule is c1ccc2c(c1)Cc1cc(Cc3c[nH]cn3)ccc1-2. The molecular formula is C17H14N2. The van der Waals surface area contributed by atoms with Crippen molar-refractivity contribution >= 4 is 0 Å². The number of aromatic nitrogens is 2. The molecule has 0 radical (unpaired) electrons. The first kappa shape index (κ1) is 10.6. The van der Waals surface area contributed by atoms with Gasteiger partial charge in [-0.2, -0.15) is 0 Å². The molecule has 0 fully saturated rings. The molecule has 2 heteroatoms. The molecular weight excluding hydrogens is 232 g/mol. The molecule has 1 aliphatic rings. The molecule has 0 amide bonds. The van der Waals surface area contributed by atoms with Crippen LogP contribution in [0, 0.1) is 0 Å². The highest BCUT2D eigenvalue weighted by molar-refractivity contribution is 5.76. The van der Waals surface area contributed by atoms with E-state index in [9.17, 15) is 0 Å². The van der Waals surface area contributed by atoms with Crippen LogP contribution in [0.3, 0.4) is 0 Å². The molecule has 0 bridgehead atoms. The summed E-state index contributed by atoms with van der Waals surface area (Å²) in [5.74, 6) is 0. The number of rotatable bonds is 2. The minimum Gasteiger partial charge on any atom is -0.351 e. The molecule has 2 aromatic carbocycles. The molecule has 1 aliphatic carbocycles. The van der Waals surface area contributed by atoms with Gasteiger partial charge in [0, 0.05) is 12.6 Å². The number of aromatic amines is 1. The topological polar surface area (TPSA) is 28.7 Å². The monoisotopic (exact) mass is 246 g/mol. The van der Waals surface area contributed by atoms with Gasteiger partial charge >= 0.3 is 0 Å². The van der Waals surface area contributed by atoms with E-state index in [0.29, 0.717) is 0 Å². The Morgan fingerprint density at radius 3 is 2.79 bits per heavy atom. The van der Waals surface area contributed by atoms with Crippen LogP contribution in [0.5, 0.6) is 0 Å². The van der Waals surface area contributed by atoms with Crippen molar-refractivity contribution in [3.63, 3.8) is 0 Å². The molecule has 1 heterocycles. The summed E-state index contributed by atoms with van der Waals surface area (Å²) in [6, 6.07) is 15.5. The highest BCUT2D eigenvalue weighted by Crippen LogP contribution is 2.36. The standard InChI is InChI=1S/C17H14N2/c1-2-4-16-13(3-1)9-14-7-12(5-6-17(14)16)8-15-10-18-11-19-15/h1-7,10-11H,8-9H2,(H,18,19). The predicted octanol–water partition coefficient (Wildman–Crippen LogP) is 3.57. The third-order valence-electron chi connectivity index (χ3n) is 3.80. The summed E-state index contributed by atoms with van der Waals surface area (Å²) in [5, 5.41) is 0. The maximum atomic E-state index is 4.29. The summed E-state index contributed by atoms with van der Waals surface area (Å²) in [4.78, 5) is 7.29. The third kappa shape index (κ3) is 1.76. The summed E-state index contributed by atoms with van der Waals surface area (Å²) in [6.07, 6.45) is 5.65. The van der Waals surface area contributed by atoms with E-state index >= 15 is 0 Å². The van der Waals surface area contributed by atoms with Crippen LogP contribution in [0.15, 0.2) is 55.0 Å². The minimum atomic E-state index is 0.896. The van der Waals surface area contributed by atoms with Gasteiger partial charge in [-0.05, 0) is 34.2 Å². The van der Waals surface area contributed by atoms with Gasteiger partial charge in [0.05, 0.1) is 12.0 Å². The van der Waals surface area contributed by atoms with Gasteiger partial charge in [0.15, 0.2) is 0 Å². The zero-order valence-electron chi connectivity index (χ0n) is 10.6. The summed E-state index contributed by atoms with van der Waals surface area (Å²) in [6.45, 7) is 0. The van der Waals surface area contributed by atoms with Crippen molar-refractivity contribution in [1.29, 1.82) is 0 Å². The Morgan fingerprint density at radius 2 is 1.89 bits per heavy atom. The molecule has 4 rings (SSSR count). The van der Waals surface area contributed by atoms with Crippen molar-refractivity contribution in [2.75, 3.05) is 0 Å². The largest absolute Gasteiger partial charge is 0.351 e. The van der Waals surface area contributed by atoms with Gasteiger partial charge in [-0.25, -0.2) is 4.98 Å². The quantitative estimate of drug-likeness (QED) is 0.575. The number of hydrogen-bond donors (Lipinski definition) is 1. The maximum Gasteiger partial charge on any atom is 0.0923 e. The Balaban J connectivity index is 1.71. The molecule has 0 aliphatic heterocycles. The van der Waals surface area contributed by atoms with Gasteiger partial charge in [0.1, 0.15) is 0 Å². The fraction of sp³-hybridized carbons (Fsp3) is 0.118. The molecule has 19 heavy (non-hydrogen) atoms. The first-order valence-electron chi connectivity index (χ1n) is 6.58. The Hall–Kier alpha value is -2.35. The van der Waals surface area contributed by atoms with E-state index in [1.165, 1.54) is 27.8 Å². The van der Waals surface area contributed by atoms with Crippen LogP contribution in [0.4, 0.5) is 0 Å². The second-order valence-electron chi connectivity index (χ2n) is 5.06. The van der Waals surface area contributed by atoms with Crippen LogP contribution < -0.4 is 0 Å². The van der Waals surface area contributed by atoms with Crippen molar-refractivity contribution in [2.24, 2.45) is 0 Å². The first-order valence-corrected chi connectivity index (χ1v) is 6.58. The zero-order chi connectivity index (χ0) is 12.7. The van der Waals surface area contributed by atoms with E-state index < -0.39 is 0 Å². The molecule has 3 aromatic rings. The number of nitrogens with one attached hydrogen (secondary N) is 1. The van der Waals surface area contributed by atoms with Gasteiger partial charge in [-0.1, -0.05) is 42.5 Å². The molecule has 2 nitrogen and oxygen atoms in total. The molecule has 92 valence electrons. The molecule has 0 atom stereocenters. The molecule has 0 saturated heterocycles. The number of nitrogens with zero attached hydrogens (tertiary/aromatic N) is 1. The fourth-order valence-corrected chi connectivity index (χ4v) is 2.91. The summed E-state index contributed by atoms with van der Waals surface area (Å²) in [5.41, 5.74) is 8.09. The maximum absolute atomic E-state index is 4.29. The Morgan fingerprint density at radius 1 is 1.00 bits per heavy atom. The average Bonchev–Trinajstić information content (AvgIpc) is 3.05. The smallest absolute Gasteiger partial charge is 0.0923 e. The van der Waals surface area contributed by atoms with Gasteiger partial charge < -0.3 is 4.98 Å². The fourth-order valence-electron chi connectivity index (χ4n) is 2.91. The Kier molecular flexibility index (Phi) is 2.27. The Bertz CT molecular complexity index is 727. The van der Waals surface area contributed by atoms with Crippen LogP contribution in [-0.2, 0) is 12.8 Å². The van der Waals surface area contributed by atoms with Crippen LogP contribution in [0.1, 0.15) is 22.4 Å². The Labute approximate surface area is 112 Å². The van der Waals surface area contributed by atoms with Crippen LogP contribution >= 0.6 is 0 Å². The number of imidazole rings is 1. The first-order chi connectivity index (χ1) is 9.40. The molecule has 0 saturated carbocycles. The van der Waals surface area contributed by atoms with Crippen LogP contribution in [0.25, 0.3) is 11.1 Å². The van der Waals surface area contributed by atoms with Gasteiger partial charge in [0.2, 0.25) is 0 Å². The van der Waals surface area contributed by atoms with Crippen molar-refractivity contribution in [3.8, 4) is 11.1 Å². The average molecular weight is 246 g/mol. The van der Waals surface area contributed by atoms with Crippen molar-refractivity contribution in [3.05, 3.63) is 77.4 Å². The van der Waals surface area contributed by atoms with Gasteiger partial charge in [-0.15, -0.1) is 0 Å². The second kappa shape index (κ2) is 4.09. The molecule has 0 unspecified atom stereocenters. The number of H-pyrrole nitrogens is 1. The van der Waals surface area contributed by atoms with E-state index in [0.717, 1.165) is 18.5 Å². The van der Waals surface area contributed by atoms with Gasteiger partial charge in [0.25, 0.3) is 0 Å². The zero-order valence-corrected chi connectivity index (χ0v) is 10.6. The number of fused-ring (bicyclic) bond motifs is 3. The third-order valence-corrected chi connectivity index (χ3v) is 3.80. The number of benzene rings is 2. The van der Waals surface area contributed by atoms with E-state index in [2.05, 4.69) is 52.4 Å². The van der Waals surface area contributed by atoms with E-state index in [1.54, 1.807) is 6.33 Å². The highest BCUT2D eigenvalue weighted by Gasteiger charge is 2.17. The molecule has 1 aromatic heterocycles. The van der Waals surface area contributed by atoms with Gasteiger partial charge in [-0.3, -0.25) is 0 Å². The van der Waals surface area contributed by atoms with E-state index in [1.807, 2.05) is 6.20 Å². The summed E-state index contributed by atoms with van der Waals surface area (Å²) < 4.78 is 0. The summed E-state index contributed by atoms with van der Waals surface area (Å²) in [7, 11) is 0. The highest BCUT2D eigenvalue weighted by atomic mass is 14.9.